The first-order valence-corrected chi connectivity index (χ1v) is 5.58. The van der Waals surface area contributed by atoms with Crippen molar-refractivity contribution in [3.63, 3.8) is 0 Å². The lowest BCUT2D eigenvalue weighted by atomic mass is 10.1. The molecular weight excluding hydrogens is 190 g/mol. The summed E-state index contributed by atoms with van der Waals surface area (Å²) in [6.45, 7) is 8.98. The number of hydrogen-bond donors (Lipinski definition) is 0. The first kappa shape index (κ1) is 10.6. The van der Waals surface area contributed by atoms with E-state index in [0.29, 0.717) is 5.92 Å². The Bertz CT molecular complexity index is 303. The third-order valence-electron chi connectivity index (χ3n) is 2.77. The van der Waals surface area contributed by atoms with Crippen LogP contribution >= 0.6 is 0 Å². The van der Waals surface area contributed by atoms with Gasteiger partial charge in [-0.3, -0.25) is 9.58 Å². The van der Waals surface area contributed by atoms with Gasteiger partial charge in [0.1, 0.15) is 0 Å². The van der Waals surface area contributed by atoms with Crippen LogP contribution in [0.15, 0.2) is 12.4 Å². The van der Waals surface area contributed by atoms with E-state index in [-0.39, 0.29) is 0 Å². The average molecular weight is 209 g/mol. The van der Waals surface area contributed by atoms with Crippen molar-refractivity contribution in [2.75, 3.05) is 26.3 Å². The van der Waals surface area contributed by atoms with E-state index < -0.39 is 0 Å². The van der Waals surface area contributed by atoms with E-state index in [9.17, 15) is 0 Å². The van der Waals surface area contributed by atoms with E-state index in [1.807, 2.05) is 10.9 Å². The van der Waals surface area contributed by atoms with Crippen LogP contribution in [0.4, 0.5) is 0 Å². The zero-order valence-corrected chi connectivity index (χ0v) is 9.52. The minimum Gasteiger partial charge on any atom is -0.379 e. The molecule has 0 bridgehead atoms. The SMILES string of the molecule is CC(C)c1cnn(CN2CCOCC2)c1. The Balaban J connectivity index is 1.91. The van der Waals surface area contributed by atoms with Crippen LogP contribution in [0.5, 0.6) is 0 Å². The molecule has 4 heteroatoms. The quantitative estimate of drug-likeness (QED) is 0.751. The van der Waals surface area contributed by atoms with Gasteiger partial charge in [0.25, 0.3) is 0 Å². The van der Waals surface area contributed by atoms with Gasteiger partial charge in [0.05, 0.1) is 26.1 Å². The average Bonchev–Trinajstić information content (AvgIpc) is 2.68. The lowest BCUT2D eigenvalue weighted by Gasteiger charge is -2.26. The van der Waals surface area contributed by atoms with Gasteiger partial charge < -0.3 is 4.74 Å². The molecule has 1 aromatic heterocycles. The molecule has 1 aliphatic rings. The Morgan fingerprint density at radius 1 is 1.40 bits per heavy atom. The van der Waals surface area contributed by atoms with E-state index in [1.54, 1.807) is 0 Å². The van der Waals surface area contributed by atoms with Crippen LogP contribution in [0.25, 0.3) is 0 Å². The van der Waals surface area contributed by atoms with E-state index in [4.69, 9.17) is 4.74 Å². The van der Waals surface area contributed by atoms with Crippen LogP contribution < -0.4 is 0 Å². The molecule has 1 aliphatic heterocycles. The van der Waals surface area contributed by atoms with Crippen LogP contribution in [-0.2, 0) is 11.4 Å². The summed E-state index contributed by atoms with van der Waals surface area (Å²) in [4.78, 5) is 2.36. The first-order valence-electron chi connectivity index (χ1n) is 5.58. The standard InChI is InChI=1S/C11H19N3O/c1-10(2)11-7-12-14(8-11)9-13-3-5-15-6-4-13/h7-8,10H,3-6,9H2,1-2H3. The van der Waals surface area contributed by atoms with Crippen LogP contribution in [-0.4, -0.2) is 41.0 Å². The minimum atomic E-state index is 0.559. The number of rotatable bonds is 3. The summed E-state index contributed by atoms with van der Waals surface area (Å²) in [5, 5.41) is 4.37. The van der Waals surface area contributed by atoms with Crippen LogP contribution in [0.1, 0.15) is 25.3 Å². The maximum atomic E-state index is 5.31. The molecule has 84 valence electrons. The molecule has 0 spiro atoms. The number of nitrogens with zero attached hydrogens (tertiary/aromatic N) is 3. The van der Waals surface area contributed by atoms with Crippen molar-refractivity contribution in [3.05, 3.63) is 18.0 Å². The van der Waals surface area contributed by atoms with Gasteiger partial charge in [-0.25, -0.2) is 0 Å². The molecule has 1 fully saturated rings. The van der Waals surface area contributed by atoms with E-state index in [2.05, 4.69) is 30.0 Å². The summed E-state index contributed by atoms with van der Waals surface area (Å²) in [5.41, 5.74) is 1.31. The molecule has 0 amide bonds. The molecule has 0 saturated carbocycles. The van der Waals surface area contributed by atoms with Gasteiger partial charge in [0.2, 0.25) is 0 Å². The highest BCUT2D eigenvalue weighted by atomic mass is 16.5. The van der Waals surface area contributed by atoms with Gasteiger partial charge in [0, 0.05) is 19.3 Å². The van der Waals surface area contributed by atoms with Gasteiger partial charge >= 0.3 is 0 Å². The predicted molar refractivity (Wildman–Crippen MR) is 58.7 cm³/mol. The Kier molecular flexibility index (Phi) is 3.38. The second-order valence-electron chi connectivity index (χ2n) is 4.34. The van der Waals surface area contributed by atoms with Crippen molar-refractivity contribution >= 4 is 0 Å². The first-order chi connectivity index (χ1) is 7.25. The molecule has 4 nitrogen and oxygen atoms in total. The normalized spacial score (nSPS) is 18.6. The maximum absolute atomic E-state index is 5.31. The highest BCUT2D eigenvalue weighted by molar-refractivity contribution is 5.08. The second-order valence-corrected chi connectivity index (χ2v) is 4.34. The Hall–Kier alpha value is -0.870. The van der Waals surface area contributed by atoms with Crippen LogP contribution in [0, 0.1) is 0 Å². The van der Waals surface area contributed by atoms with E-state index in [0.717, 1.165) is 33.0 Å². The molecular formula is C11H19N3O. The van der Waals surface area contributed by atoms with Crippen LogP contribution in [0.2, 0.25) is 0 Å². The molecule has 1 saturated heterocycles. The minimum absolute atomic E-state index is 0.559. The third kappa shape index (κ3) is 2.79. The molecule has 0 atom stereocenters. The van der Waals surface area contributed by atoms with Gasteiger partial charge in [-0.15, -0.1) is 0 Å². The van der Waals surface area contributed by atoms with Crippen molar-refractivity contribution in [3.8, 4) is 0 Å². The van der Waals surface area contributed by atoms with Gasteiger partial charge in [-0.2, -0.15) is 5.10 Å². The molecule has 0 N–H and O–H groups in total. The molecule has 0 radical (unpaired) electrons. The summed E-state index contributed by atoms with van der Waals surface area (Å²) in [6.07, 6.45) is 4.10. The fourth-order valence-electron chi connectivity index (χ4n) is 1.70. The smallest absolute Gasteiger partial charge is 0.0930 e. The zero-order valence-electron chi connectivity index (χ0n) is 9.52. The maximum Gasteiger partial charge on any atom is 0.0930 e. The van der Waals surface area contributed by atoms with E-state index >= 15 is 0 Å². The van der Waals surface area contributed by atoms with Crippen molar-refractivity contribution < 1.29 is 4.74 Å². The summed E-state index contributed by atoms with van der Waals surface area (Å²) in [7, 11) is 0. The Morgan fingerprint density at radius 3 is 2.73 bits per heavy atom. The summed E-state index contributed by atoms with van der Waals surface area (Å²) < 4.78 is 7.32. The molecule has 0 aromatic carbocycles. The van der Waals surface area contributed by atoms with Gasteiger partial charge in [0.15, 0.2) is 0 Å². The second kappa shape index (κ2) is 4.77. The van der Waals surface area contributed by atoms with Crippen molar-refractivity contribution in [1.29, 1.82) is 0 Å². The third-order valence-corrected chi connectivity index (χ3v) is 2.77. The Morgan fingerprint density at radius 2 is 2.13 bits per heavy atom. The molecule has 0 aliphatic carbocycles. The Labute approximate surface area is 90.8 Å². The van der Waals surface area contributed by atoms with Crippen LogP contribution in [0.3, 0.4) is 0 Å². The molecule has 2 heterocycles. The number of hydrogen-bond acceptors (Lipinski definition) is 3. The highest BCUT2D eigenvalue weighted by Crippen LogP contribution is 2.12. The molecule has 0 unspecified atom stereocenters. The van der Waals surface area contributed by atoms with E-state index in [1.165, 1.54) is 5.56 Å². The summed E-state index contributed by atoms with van der Waals surface area (Å²) >= 11 is 0. The van der Waals surface area contributed by atoms with Crippen molar-refractivity contribution in [2.24, 2.45) is 0 Å². The predicted octanol–water partition coefficient (Wildman–Crippen LogP) is 1.30. The summed E-state index contributed by atoms with van der Waals surface area (Å²) in [5.74, 6) is 0.559. The largest absolute Gasteiger partial charge is 0.379 e. The van der Waals surface area contributed by atoms with Gasteiger partial charge in [-0.1, -0.05) is 13.8 Å². The number of morpholine rings is 1. The molecule has 2 rings (SSSR count). The summed E-state index contributed by atoms with van der Waals surface area (Å²) in [6, 6.07) is 0. The fraction of sp³-hybridized carbons (Fsp3) is 0.727. The number of aromatic nitrogens is 2. The monoisotopic (exact) mass is 209 g/mol. The van der Waals surface area contributed by atoms with Crippen molar-refractivity contribution in [2.45, 2.75) is 26.4 Å². The lowest BCUT2D eigenvalue weighted by molar-refractivity contribution is 0.0213. The van der Waals surface area contributed by atoms with Gasteiger partial charge in [-0.05, 0) is 11.5 Å². The molecule has 15 heavy (non-hydrogen) atoms. The molecule has 1 aromatic rings. The lowest BCUT2D eigenvalue weighted by Crippen LogP contribution is -2.37. The topological polar surface area (TPSA) is 30.3 Å². The highest BCUT2D eigenvalue weighted by Gasteiger charge is 2.11. The zero-order chi connectivity index (χ0) is 10.7. The van der Waals surface area contributed by atoms with Crippen molar-refractivity contribution in [1.82, 2.24) is 14.7 Å². The fourth-order valence-corrected chi connectivity index (χ4v) is 1.70. The number of ether oxygens (including phenoxy) is 1.